The molecule has 1 amide bonds. The lowest BCUT2D eigenvalue weighted by Gasteiger charge is -2.43. The molecule has 0 bridgehead atoms. The van der Waals surface area contributed by atoms with Crippen LogP contribution in [0, 0.1) is 5.92 Å². The fourth-order valence-corrected chi connectivity index (χ4v) is 4.21. The molecular weight excluding hydrogens is 272 g/mol. The number of piperazine rings is 1. The van der Waals surface area contributed by atoms with Crippen LogP contribution >= 0.6 is 0 Å². The van der Waals surface area contributed by atoms with Crippen LogP contribution in [0.2, 0.25) is 0 Å². The van der Waals surface area contributed by atoms with E-state index < -0.39 is 0 Å². The van der Waals surface area contributed by atoms with Crippen molar-refractivity contribution in [2.75, 3.05) is 19.6 Å². The molecule has 120 valence electrons. The Bertz CT molecular complexity index is 505. The van der Waals surface area contributed by atoms with Gasteiger partial charge in [0, 0.05) is 25.7 Å². The highest BCUT2D eigenvalue weighted by atomic mass is 16.2. The van der Waals surface area contributed by atoms with Gasteiger partial charge in [0.15, 0.2) is 0 Å². The largest absolute Gasteiger partial charge is 0.336 e. The smallest absolute Gasteiger partial charge is 0.233 e. The summed E-state index contributed by atoms with van der Waals surface area (Å²) in [7, 11) is 0. The number of nitrogens with one attached hydrogen (secondary N) is 1. The summed E-state index contributed by atoms with van der Waals surface area (Å²) in [5.41, 5.74) is 0.949. The van der Waals surface area contributed by atoms with Gasteiger partial charge in [0.25, 0.3) is 0 Å². The van der Waals surface area contributed by atoms with E-state index in [0.717, 1.165) is 32.5 Å². The molecule has 1 heterocycles. The van der Waals surface area contributed by atoms with Crippen LogP contribution in [-0.2, 0) is 10.2 Å². The molecule has 0 spiro atoms. The monoisotopic (exact) mass is 300 g/mol. The first-order chi connectivity index (χ1) is 10.6. The van der Waals surface area contributed by atoms with E-state index in [1.165, 1.54) is 18.4 Å². The van der Waals surface area contributed by atoms with Crippen LogP contribution in [0.25, 0.3) is 0 Å². The normalized spacial score (nSPS) is 24.7. The molecule has 1 saturated heterocycles. The molecule has 1 saturated carbocycles. The van der Waals surface area contributed by atoms with E-state index in [1.807, 2.05) is 6.07 Å². The lowest BCUT2D eigenvalue weighted by molar-refractivity contribution is -0.141. The van der Waals surface area contributed by atoms with E-state index in [-0.39, 0.29) is 5.41 Å². The third kappa shape index (κ3) is 2.67. The van der Waals surface area contributed by atoms with Gasteiger partial charge in [0.2, 0.25) is 5.91 Å². The van der Waals surface area contributed by atoms with Crippen molar-refractivity contribution >= 4 is 5.91 Å². The molecule has 1 unspecified atom stereocenters. The molecule has 2 aliphatic rings. The molecule has 3 heteroatoms. The van der Waals surface area contributed by atoms with E-state index in [1.54, 1.807) is 0 Å². The first-order valence-electron chi connectivity index (χ1n) is 8.72. The van der Waals surface area contributed by atoms with Gasteiger partial charge in [-0.15, -0.1) is 0 Å². The second-order valence-electron chi connectivity index (χ2n) is 7.17. The van der Waals surface area contributed by atoms with Crippen LogP contribution in [0.5, 0.6) is 0 Å². The second kappa shape index (κ2) is 6.41. The van der Waals surface area contributed by atoms with Crippen molar-refractivity contribution in [2.45, 2.75) is 51.0 Å². The first-order valence-corrected chi connectivity index (χ1v) is 8.72. The number of hydrogen-bond acceptors (Lipinski definition) is 2. The molecule has 1 aromatic carbocycles. The van der Waals surface area contributed by atoms with Gasteiger partial charge in [-0.2, -0.15) is 0 Å². The number of nitrogens with zero attached hydrogens (tertiary/aromatic N) is 1. The van der Waals surface area contributed by atoms with Crippen LogP contribution in [-0.4, -0.2) is 36.5 Å². The lowest BCUT2D eigenvalue weighted by atomic mass is 9.76. The third-order valence-corrected chi connectivity index (χ3v) is 5.51. The lowest BCUT2D eigenvalue weighted by Crippen LogP contribution is -2.59. The maximum Gasteiger partial charge on any atom is 0.233 e. The predicted molar refractivity (Wildman–Crippen MR) is 89.8 cm³/mol. The molecule has 3 nitrogen and oxygen atoms in total. The van der Waals surface area contributed by atoms with Crippen molar-refractivity contribution in [3.05, 3.63) is 35.9 Å². The van der Waals surface area contributed by atoms with Crippen molar-refractivity contribution in [1.29, 1.82) is 0 Å². The molecule has 1 aromatic rings. The Balaban J connectivity index is 1.93. The van der Waals surface area contributed by atoms with E-state index in [9.17, 15) is 4.79 Å². The Morgan fingerprint density at radius 2 is 1.91 bits per heavy atom. The van der Waals surface area contributed by atoms with Gasteiger partial charge in [-0.05, 0) is 24.3 Å². The van der Waals surface area contributed by atoms with Crippen molar-refractivity contribution in [2.24, 2.45) is 5.92 Å². The van der Waals surface area contributed by atoms with E-state index in [0.29, 0.717) is 17.9 Å². The maximum absolute atomic E-state index is 13.5. The molecule has 1 atom stereocenters. The number of carbonyl (C=O) groups excluding carboxylic acids is 1. The average Bonchev–Trinajstić information content (AvgIpc) is 3.06. The van der Waals surface area contributed by atoms with E-state index in [2.05, 4.69) is 48.3 Å². The van der Waals surface area contributed by atoms with Crippen LogP contribution in [0.1, 0.15) is 45.1 Å². The predicted octanol–water partition coefficient (Wildman–Crippen LogP) is 2.95. The Morgan fingerprint density at radius 1 is 1.23 bits per heavy atom. The van der Waals surface area contributed by atoms with Gasteiger partial charge >= 0.3 is 0 Å². The summed E-state index contributed by atoms with van der Waals surface area (Å²) in [5.74, 6) is 0.863. The summed E-state index contributed by atoms with van der Waals surface area (Å²) < 4.78 is 0. The minimum atomic E-state index is -0.272. The van der Waals surface area contributed by atoms with Gasteiger partial charge in [0.1, 0.15) is 0 Å². The zero-order chi connectivity index (χ0) is 15.6. The molecule has 1 aliphatic heterocycles. The van der Waals surface area contributed by atoms with Gasteiger partial charge in [-0.25, -0.2) is 0 Å². The number of carbonyl (C=O) groups is 1. The van der Waals surface area contributed by atoms with Gasteiger partial charge < -0.3 is 10.2 Å². The van der Waals surface area contributed by atoms with Crippen LogP contribution < -0.4 is 5.32 Å². The standard InChI is InChI=1S/C19H28N2O/c1-15(2)17-14-20-12-13-21(17)18(22)19(10-6-7-11-19)16-8-4-3-5-9-16/h3-5,8-9,15,17,20H,6-7,10-14H2,1-2H3. The zero-order valence-electron chi connectivity index (χ0n) is 13.8. The number of benzene rings is 1. The minimum Gasteiger partial charge on any atom is -0.336 e. The number of rotatable bonds is 3. The SMILES string of the molecule is CC(C)C1CNCCN1C(=O)C1(c2ccccc2)CCCC1. The molecule has 1 N–H and O–H groups in total. The molecule has 1 aliphatic carbocycles. The van der Waals surface area contributed by atoms with Crippen molar-refractivity contribution < 1.29 is 4.79 Å². The molecule has 22 heavy (non-hydrogen) atoms. The number of hydrogen-bond donors (Lipinski definition) is 1. The van der Waals surface area contributed by atoms with Crippen LogP contribution in [0.15, 0.2) is 30.3 Å². The molecular formula is C19H28N2O. The fraction of sp³-hybridized carbons (Fsp3) is 0.632. The summed E-state index contributed by atoms with van der Waals surface area (Å²) in [4.78, 5) is 15.7. The first kappa shape index (κ1) is 15.5. The molecule has 0 radical (unpaired) electrons. The zero-order valence-corrected chi connectivity index (χ0v) is 13.8. The Kier molecular flexibility index (Phi) is 4.53. The van der Waals surface area contributed by atoms with Gasteiger partial charge in [-0.3, -0.25) is 4.79 Å². The summed E-state index contributed by atoms with van der Waals surface area (Å²) in [6, 6.07) is 10.8. The third-order valence-electron chi connectivity index (χ3n) is 5.51. The van der Waals surface area contributed by atoms with Crippen molar-refractivity contribution in [3.63, 3.8) is 0 Å². The second-order valence-corrected chi connectivity index (χ2v) is 7.17. The van der Waals surface area contributed by atoms with Gasteiger partial charge in [0.05, 0.1) is 5.41 Å². The topological polar surface area (TPSA) is 32.3 Å². The number of amides is 1. The fourth-order valence-electron chi connectivity index (χ4n) is 4.21. The summed E-state index contributed by atoms with van der Waals surface area (Å²) in [5, 5.41) is 3.45. The molecule has 2 fully saturated rings. The highest BCUT2D eigenvalue weighted by molar-refractivity contribution is 5.89. The molecule has 3 rings (SSSR count). The highest BCUT2D eigenvalue weighted by Crippen LogP contribution is 2.43. The minimum absolute atomic E-state index is 0.272. The quantitative estimate of drug-likeness (QED) is 0.931. The van der Waals surface area contributed by atoms with Crippen LogP contribution in [0.4, 0.5) is 0 Å². The van der Waals surface area contributed by atoms with Crippen molar-refractivity contribution in [1.82, 2.24) is 10.2 Å². The Labute approximate surface area is 134 Å². The maximum atomic E-state index is 13.5. The van der Waals surface area contributed by atoms with Crippen molar-refractivity contribution in [3.8, 4) is 0 Å². The van der Waals surface area contributed by atoms with E-state index in [4.69, 9.17) is 0 Å². The Morgan fingerprint density at radius 3 is 2.55 bits per heavy atom. The molecule has 0 aromatic heterocycles. The summed E-state index contributed by atoms with van der Waals surface area (Å²) >= 11 is 0. The van der Waals surface area contributed by atoms with Crippen LogP contribution in [0.3, 0.4) is 0 Å². The summed E-state index contributed by atoms with van der Waals surface area (Å²) in [6.07, 6.45) is 4.34. The summed E-state index contributed by atoms with van der Waals surface area (Å²) in [6.45, 7) is 7.13. The Hall–Kier alpha value is -1.35. The highest BCUT2D eigenvalue weighted by Gasteiger charge is 2.46. The van der Waals surface area contributed by atoms with E-state index >= 15 is 0 Å². The van der Waals surface area contributed by atoms with Gasteiger partial charge in [-0.1, -0.05) is 57.0 Å². The average molecular weight is 300 g/mol.